The summed E-state index contributed by atoms with van der Waals surface area (Å²) < 4.78 is 53.0. The van der Waals surface area contributed by atoms with Crippen LogP contribution in [0.5, 0.6) is 5.88 Å². The first kappa shape index (κ1) is 20.4. The Labute approximate surface area is 178 Å². The van der Waals surface area contributed by atoms with E-state index in [1.165, 1.54) is 10.9 Å². The SMILES string of the molecule is CC1(C)Cn2ncc(S(N)(=O)=NC(=O)Nc3c4c(c(F)c5c3CC(F)C5)CCC4)c2O1. The standard InChI is InChI=1S/C20H23F2N5O3S/c1-20(2)9-27-18(30-20)15(8-24-27)31(23,29)26-19(28)25-17-12-5-3-4-11(12)16(22)13-6-10(21)7-14(13)17/h8,10H,3-7,9H2,1-2H3,(H3,23,25,26,28,29). The van der Waals surface area contributed by atoms with E-state index in [9.17, 15) is 17.8 Å². The average Bonchev–Trinajstić information content (AvgIpc) is 3.40. The van der Waals surface area contributed by atoms with E-state index in [1.807, 2.05) is 13.8 Å². The summed E-state index contributed by atoms with van der Waals surface area (Å²) in [6.07, 6.45) is 1.94. The molecule has 8 nitrogen and oxygen atoms in total. The highest BCUT2D eigenvalue weighted by Gasteiger charge is 2.36. The number of nitrogens with zero attached hydrogens (tertiary/aromatic N) is 3. The van der Waals surface area contributed by atoms with Crippen LogP contribution in [0.4, 0.5) is 19.3 Å². The molecule has 0 spiro atoms. The lowest BCUT2D eigenvalue weighted by Gasteiger charge is -2.17. The Morgan fingerprint density at radius 2 is 2.03 bits per heavy atom. The molecule has 2 amide bonds. The van der Waals surface area contributed by atoms with Crippen LogP contribution < -0.4 is 15.2 Å². The fourth-order valence-electron chi connectivity index (χ4n) is 4.74. The van der Waals surface area contributed by atoms with Crippen LogP contribution in [0.3, 0.4) is 0 Å². The summed E-state index contributed by atoms with van der Waals surface area (Å²) in [5.41, 5.74) is 1.77. The molecule has 1 aromatic carbocycles. The second-order valence-corrected chi connectivity index (χ2v) is 10.6. The highest BCUT2D eigenvalue weighted by atomic mass is 32.2. The molecule has 2 atom stereocenters. The Kier molecular flexibility index (Phi) is 4.43. The minimum Gasteiger partial charge on any atom is -0.469 e. The van der Waals surface area contributed by atoms with Crippen LogP contribution in [0, 0.1) is 5.82 Å². The molecule has 3 N–H and O–H groups in total. The Bertz CT molecular complexity index is 1250. The molecule has 2 aromatic rings. The van der Waals surface area contributed by atoms with Gasteiger partial charge in [0.15, 0.2) is 9.92 Å². The van der Waals surface area contributed by atoms with Crippen LogP contribution in [-0.4, -0.2) is 31.8 Å². The number of hydrogen-bond donors (Lipinski definition) is 2. The van der Waals surface area contributed by atoms with Crippen molar-refractivity contribution in [3.8, 4) is 5.88 Å². The van der Waals surface area contributed by atoms with Gasteiger partial charge in [0.25, 0.3) is 0 Å². The van der Waals surface area contributed by atoms with Crippen molar-refractivity contribution < 1.29 is 22.5 Å². The van der Waals surface area contributed by atoms with E-state index in [-0.39, 0.29) is 29.4 Å². The van der Waals surface area contributed by atoms with Crippen molar-refractivity contribution in [2.75, 3.05) is 5.32 Å². The van der Waals surface area contributed by atoms with E-state index in [1.54, 1.807) is 0 Å². The van der Waals surface area contributed by atoms with Gasteiger partial charge in [0.2, 0.25) is 5.88 Å². The number of rotatable bonds is 2. The summed E-state index contributed by atoms with van der Waals surface area (Å²) in [7, 11) is -3.65. The summed E-state index contributed by atoms with van der Waals surface area (Å²) in [4.78, 5) is 12.8. The van der Waals surface area contributed by atoms with E-state index in [0.29, 0.717) is 47.3 Å². The predicted molar refractivity (Wildman–Crippen MR) is 110 cm³/mol. The van der Waals surface area contributed by atoms with Crippen LogP contribution in [0.15, 0.2) is 15.5 Å². The van der Waals surface area contributed by atoms with Gasteiger partial charge in [0.1, 0.15) is 22.5 Å². The third kappa shape index (κ3) is 3.30. The molecule has 1 aromatic heterocycles. The van der Waals surface area contributed by atoms with Crippen LogP contribution >= 0.6 is 0 Å². The molecule has 2 aliphatic carbocycles. The molecule has 11 heteroatoms. The van der Waals surface area contributed by atoms with E-state index >= 15 is 0 Å². The number of carbonyl (C=O) groups is 1. The number of urea groups is 1. The lowest BCUT2D eigenvalue weighted by molar-refractivity contribution is 0.132. The summed E-state index contributed by atoms with van der Waals surface area (Å²) >= 11 is 0. The number of anilines is 1. The van der Waals surface area contributed by atoms with Gasteiger partial charge in [0.05, 0.1) is 12.7 Å². The van der Waals surface area contributed by atoms with Crippen molar-refractivity contribution in [3.05, 3.63) is 34.3 Å². The maximum atomic E-state index is 14.8. The lowest BCUT2D eigenvalue weighted by Crippen LogP contribution is -2.27. The second kappa shape index (κ2) is 6.73. The third-order valence-electron chi connectivity index (χ3n) is 6.00. The van der Waals surface area contributed by atoms with Gasteiger partial charge in [0, 0.05) is 18.5 Å². The number of amides is 2. The van der Waals surface area contributed by atoms with Gasteiger partial charge in [-0.05, 0) is 55.4 Å². The molecule has 31 heavy (non-hydrogen) atoms. The Morgan fingerprint density at radius 3 is 2.81 bits per heavy atom. The number of halogens is 2. The van der Waals surface area contributed by atoms with Crippen molar-refractivity contribution in [3.63, 3.8) is 0 Å². The molecule has 5 rings (SSSR count). The maximum Gasteiger partial charge on any atom is 0.354 e. The molecule has 0 saturated heterocycles. The van der Waals surface area contributed by atoms with Gasteiger partial charge < -0.3 is 10.1 Å². The van der Waals surface area contributed by atoms with E-state index in [0.717, 1.165) is 6.42 Å². The van der Waals surface area contributed by atoms with Crippen LogP contribution in [0.25, 0.3) is 0 Å². The zero-order valence-corrected chi connectivity index (χ0v) is 18.0. The molecule has 3 aliphatic rings. The maximum absolute atomic E-state index is 14.8. The van der Waals surface area contributed by atoms with Gasteiger partial charge in [-0.3, -0.25) is 0 Å². The number of aromatic nitrogens is 2. The zero-order chi connectivity index (χ0) is 22.1. The van der Waals surface area contributed by atoms with Gasteiger partial charge in [-0.2, -0.15) is 5.10 Å². The summed E-state index contributed by atoms with van der Waals surface area (Å²) in [5.74, 6) is -0.145. The highest BCUT2D eigenvalue weighted by Crippen LogP contribution is 2.42. The zero-order valence-electron chi connectivity index (χ0n) is 17.2. The normalized spacial score (nSPS) is 22.3. The van der Waals surface area contributed by atoms with E-state index < -0.39 is 27.7 Å². The summed E-state index contributed by atoms with van der Waals surface area (Å²) in [6.45, 7) is 4.14. The summed E-state index contributed by atoms with van der Waals surface area (Å²) in [5, 5.41) is 12.7. The minimum absolute atomic E-state index is 0.0161. The predicted octanol–water partition coefficient (Wildman–Crippen LogP) is 3.05. The van der Waals surface area contributed by atoms with Crippen molar-refractivity contribution in [2.45, 2.75) is 69.2 Å². The first-order chi connectivity index (χ1) is 14.6. The number of carbonyl (C=O) groups excluding carboxylic acids is 1. The molecular weight excluding hydrogens is 428 g/mol. The molecule has 166 valence electrons. The largest absolute Gasteiger partial charge is 0.469 e. The minimum atomic E-state index is -3.65. The number of ether oxygens (including phenoxy) is 1. The average molecular weight is 451 g/mol. The fourth-order valence-corrected chi connectivity index (χ4v) is 5.73. The van der Waals surface area contributed by atoms with E-state index in [4.69, 9.17) is 9.88 Å². The van der Waals surface area contributed by atoms with E-state index in [2.05, 4.69) is 14.8 Å². The molecule has 0 bridgehead atoms. The Hall–Kier alpha value is -2.53. The van der Waals surface area contributed by atoms with Crippen molar-refractivity contribution in [1.82, 2.24) is 9.78 Å². The van der Waals surface area contributed by atoms with Gasteiger partial charge >= 0.3 is 6.03 Å². The lowest BCUT2D eigenvalue weighted by atomic mass is 9.98. The van der Waals surface area contributed by atoms with Gasteiger partial charge in [-0.25, -0.2) is 27.6 Å². The monoisotopic (exact) mass is 451 g/mol. The second-order valence-electron chi connectivity index (χ2n) is 8.89. The van der Waals surface area contributed by atoms with Crippen LogP contribution in [0.2, 0.25) is 0 Å². The molecule has 2 unspecified atom stereocenters. The topological polar surface area (TPSA) is 112 Å². The highest BCUT2D eigenvalue weighted by molar-refractivity contribution is 7.91. The summed E-state index contributed by atoms with van der Waals surface area (Å²) in [6, 6.07) is -0.935. The molecule has 2 heterocycles. The molecule has 0 fully saturated rings. The number of nitrogens with one attached hydrogen (secondary N) is 1. The third-order valence-corrected chi connectivity index (χ3v) is 7.34. The smallest absolute Gasteiger partial charge is 0.354 e. The van der Waals surface area contributed by atoms with Crippen molar-refractivity contribution in [1.29, 1.82) is 0 Å². The number of fused-ring (bicyclic) bond motifs is 3. The Morgan fingerprint density at radius 1 is 1.32 bits per heavy atom. The first-order valence-electron chi connectivity index (χ1n) is 10.2. The number of benzene rings is 1. The van der Waals surface area contributed by atoms with Gasteiger partial charge in [-0.1, -0.05) is 0 Å². The molecule has 1 aliphatic heterocycles. The fraction of sp³-hybridized carbons (Fsp3) is 0.500. The van der Waals surface area contributed by atoms with Crippen molar-refractivity contribution in [2.24, 2.45) is 9.50 Å². The first-order valence-corrected chi connectivity index (χ1v) is 11.7. The van der Waals surface area contributed by atoms with Gasteiger partial charge in [-0.15, -0.1) is 4.36 Å². The van der Waals surface area contributed by atoms with Crippen LogP contribution in [0.1, 0.15) is 42.5 Å². The quantitative estimate of drug-likeness (QED) is 0.731. The van der Waals surface area contributed by atoms with Crippen molar-refractivity contribution >= 4 is 21.6 Å². The van der Waals surface area contributed by atoms with Crippen LogP contribution in [-0.2, 0) is 42.1 Å². The number of nitrogens with two attached hydrogens (primary N) is 1. The molecule has 0 saturated carbocycles. The molecule has 0 radical (unpaired) electrons. The number of hydrogen-bond acceptors (Lipinski definition) is 4. The molecular formula is C20H23F2N5O3S. The Balaban J connectivity index is 1.50. The number of alkyl halides is 1.